The quantitative estimate of drug-likeness (QED) is 0.629. The first-order valence-electron chi connectivity index (χ1n) is 5.53. The van der Waals surface area contributed by atoms with Crippen LogP contribution >= 0.6 is 0 Å². The van der Waals surface area contributed by atoms with E-state index in [1.807, 2.05) is 0 Å². The maximum atomic E-state index is 13.7. The summed E-state index contributed by atoms with van der Waals surface area (Å²) in [4.78, 5) is 9.77. The first kappa shape index (κ1) is 15.5. The summed E-state index contributed by atoms with van der Waals surface area (Å²) in [6, 6.07) is 3.52. The van der Waals surface area contributed by atoms with E-state index in [-0.39, 0.29) is 23.9 Å². The molecule has 0 aliphatic heterocycles. The molecule has 0 amide bonds. The summed E-state index contributed by atoms with van der Waals surface area (Å²) in [6.45, 7) is 1.68. The van der Waals surface area contributed by atoms with E-state index >= 15 is 0 Å². The van der Waals surface area contributed by atoms with Gasteiger partial charge < -0.3 is 5.32 Å². The summed E-state index contributed by atoms with van der Waals surface area (Å²) < 4.78 is 35.8. The molecule has 6 nitrogen and oxygen atoms in total. The SMILES string of the molecule is CC(CS(C)(=O)=O)NCc1cccc([N+](=O)[O-])c1F. The summed E-state index contributed by atoms with van der Waals surface area (Å²) >= 11 is 0. The molecule has 0 saturated heterocycles. The van der Waals surface area contributed by atoms with Gasteiger partial charge in [0.25, 0.3) is 0 Å². The van der Waals surface area contributed by atoms with Gasteiger partial charge in [-0.25, -0.2) is 8.42 Å². The number of nitrogens with one attached hydrogen (secondary N) is 1. The zero-order valence-electron chi connectivity index (χ0n) is 10.6. The first-order chi connectivity index (χ1) is 8.70. The van der Waals surface area contributed by atoms with Gasteiger partial charge in [-0.3, -0.25) is 10.1 Å². The maximum absolute atomic E-state index is 13.7. The Balaban J connectivity index is 2.74. The topological polar surface area (TPSA) is 89.3 Å². The Kier molecular flexibility index (Phi) is 4.96. The Labute approximate surface area is 110 Å². The molecule has 106 valence electrons. The minimum absolute atomic E-state index is 0.0319. The molecule has 0 radical (unpaired) electrons. The third-order valence-corrected chi connectivity index (χ3v) is 3.55. The summed E-state index contributed by atoms with van der Waals surface area (Å²) in [5.74, 6) is -0.977. The number of hydrogen-bond acceptors (Lipinski definition) is 5. The van der Waals surface area contributed by atoms with Gasteiger partial charge in [-0.15, -0.1) is 0 Å². The minimum atomic E-state index is -3.12. The maximum Gasteiger partial charge on any atom is 0.305 e. The van der Waals surface area contributed by atoms with Crippen molar-refractivity contribution < 1.29 is 17.7 Å². The molecule has 1 rings (SSSR count). The van der Waals surface area contributed by atoms with Crippen LogP contribution < -0.4 is 5.32 Å². The number of hydrogen-bond donors (Lipinski definition) is 1. The monoisotopic (exact) mass is 290 g/mol. The Hall–Kier alpha value is -1.54. The Morgan fingerprint density at radius 3 is 2.63 bits per heavy atom. The zero-order chi connectivity index (χ0) is 14.6. The molecule has 0 bridgehead atoms. The van der Waals surface area contributed by atoms with E-state index in [9.17, 15) is 22.9 Å². The van der Waals surface area contributed by atoms with Gasteiger partial charge in [-0.05, 0) is 6.92 Å². The summed E-state index contributed by atoms with van der Waals surface area (Å²) in [6.07, 6.45) is 1.11. The second-order valence-corrected chi connectivity index (χ2v) is 6.57. The smallest absolute Gasteiger partial charge is 0.305 e. The number of rotatable bonds is 6. The highest BCUT2D eigenvalue weighted by Crippen LogP contribution is 2.19. The standard InChI is InChI=1S/C11H15FN2O4S/c1-8(7-19(2,17)18)13-6-9-4-3-5-10(11(9)12)14(15)16/h3-5,8,13H,6-7H2,1-2H3. The number of nitro groups is 1. The molecule has 1 atom stereocenters. The number of halogens is 1. The van der Waals surface area contributed by atoms with Crippen molar-refractivity contribution in [2.45, 2.75) is 19.5 Å². The van der Waals surface area contributed by atoms with Crippen molar-refractivity contribution in [3.05, 3.63) is 39.7 Å². The number of nitro benzene ring substituents is 1. The fraction of sp³-hybridized carbons (Fsp3) is 0.455. The lowest BCUT2D eigenvalue weighted by atomic mass is 10.2. The molecule has 1 N–H and O–H groups in total. The molecule has 8 heteroatoms. The summed E-state index contributed by atoms with van der Waals surface area (Å²) in [5.41, 5.74) is -0.454. The lowest BCUT2D eigenvalue weighted by Crippen LogP contribution is -2.32. The molecule has 0 heterocycles. The van der Waals surface area contributed by atoms with Crippen molar-refractivity contribution in [3.63, 3.8) is 0 Å². The molecule has 0 aliphatic carbocycles. The van der Waals surface area contributed by atoms with Gasteiger partial charge in [0.05, 0.1) is 10.7 Å². The van der Waals surface area contributed by atoms with Crippen LogP contribution in [-0.2, 0) is 16.4 Å². The van der Waals surface area contributed by atoms with Gasteiger partial charge in [0.15, 0.2) is 0 Å². The predicted molar refractivity (Wildman–Crippen MR) is 69.1 cm³/mol. The largest absolute Gasteiger partial charge is 0.309 e. The van der Waals surface area contributed by atoms with E-state index < -0.39 is 26.3 Å². The molecule has 0 saturated carbocycles. The van der Waals surface area contributed by atoms with E-state index in [1.54, 1.807) is 6.92 Å². The van der Waals surface area contributed by atoms with Gasteiger partial charge >= 0.3 is 5.69 Å². The van der Waals surface area contributed by atoms with E-state index in [2.05, 4.69) is 5.32 Å². The van der Waals surface area contributed by atoms with Gasteiger partial charge in [-0.1, -0.05) is 12.1 Å². The fourth-order valence-electron chi connectivity index (χ4n) is 1.64. The Bertz CT molecular complexity index is 574. The molecule has 1 unspecified atom stereocenters. The first-order valence-corrected chi connectivity index (χ1v) is 7.59. The van der Waals surface area contributed by atoms with Crippen LogP contribution in [0.5, 0.6) is 0 Å². The molecule has 19 heavy (non-hydrogen) atoms. The second-order valence-electron chi connectivity index (χ2n) is 4.38. The number of nitrogens with zero attached hydrogens (tertiary/aromatic N) is 1. The average Bonchev–Trinajstić information content (AvgIpc) is 2.24. The van der Waals surface area contributed by atoms with Crippen LogP contribution in [0.2, 0.25) is 0 Å². The van der Waals surface area contributed by atoms with Crippen molar-refractivity contribution in [2.24, 2.45) is 0 Å². The number of sulfone groups is 1. The molecule has 0 spiro atoms. The molecular formula is C11H15FN2O4S. The fourth-order valence-corrected chi connectivity index (χ4v) is 2.67. The molecule has 0 aromatic heterocycles. The lowest BCUT2D eigenvalue weighted by molar-refractivity contribution is -0.387. The highest BCUT2D eigenvalue weighted by atomic mass is 32.2. The van der Waals surface area contributed by atoms with E-state index in [0.29, 0.717) is 0 Å². The predicted octanol–water partition coefficient (Wildman–Crippen LogP) is 1.26. The average molecular weight is 290 g/mol. The lowest BCUT2D eigenvalue weighted by Gasteiger charge is -2.12. The summed E-state index contributed by atoms with van der Waals surface area (Å²) in [5, 5.41) is 13.4. The molecule has 0 aliphatic rings. The van der Waals surface area contributed by atoms with Gasteiger partial charge in [0.1, 0.15) is 9.84 Å². The third-order valence-electron chi connectivity index (χ3n) is 2.45. The zero-order valence-corrected chi connectivity index (χ0v) is 11.4. The molecular weight excluding hydrogens is 275 g/mol. The van der Waals surface area contributed by atoms with Crippen LogP contribution in [0.3, 0.4) is 0 Å². The second kappa shape index (κ2) is 6.07. The highest BCUT2D eigenvalue weighted by Gasteiger charge is 2.17. The number of benzene rings is 1. The van der Waals surface area contributed by atoms with Crippen LogP contribution in [0.4, 0.5) is 10.1 Å². The van der Waals surface area contributed by atoms with E-state index in [0.717, 1.165) is 12.3 Å². The Morgan fingerprint density at radius 2 is 2.11 bits per heavy atom. The highest BCUT2D eigenvalue weighted by molar-refractivity contribution is 7.90. The normalized spacial score (nSPS) is 13.2. The van der Waals surface area contributed by atoms with Crippen molar-refractivity contribution in [3.8, 4) is 0 Å². The van der Waals surface area contributed by atoms with E-state index in [1.165, 1.54) is 12.1 Å². The van der Waals surface area contributed by atoms with Gasteiger partial charge in [0.2, 0.25) is 5.82 Å². The van der Waals surface area contributed by atoms with Gasteiger partial charge in [0, 0.05) is 30.5 Å². The van der Waals surface area contributed by atoms with Crippen LogP contribution in [0, 0.1) is 15.9 Å². The van der Waals surface area contributed by atoms with Crippen molar-refractivity contribution in [1.29, 1.82) is 0 Å². The molecule has 0 fully saturated rings. The van der Waals surface area contributed by atoms with Crippen LogP contribution in [0.15, 0.2) is 18.2 Å². The van der Waals surface area contributed by atoms with Crippen molar-refractivity contribution in [1.82, 2.24) is 5.32 Å². The Morgan fingerprint density at radius 1 is 1.47 bits per heavy atom. The van der Waals surface area contributed by atoms with Gasteiger partial charge in [-0.2, -0.15) is 4.39 Å². The van der Waals surface area contributed by atoms with Crippen molar-refractivity contribution in [2.75, 3.05) is 12.0 Å². The van der Waals surface area contributed by atoms with Crippen molar-refractivity contribution >= 4 is 15.5 Å². The third kappa shape index (κ3) is 4.92. The molecule has 1 aromatic rings. The summed E-state index contributed by atoms with van der Waals surface area (Å²) in [7, 11) is -3.12. The van der Waals surface area contributed by atoms with Crippen LogP contribution in [0.1, 0.15) is 12.5 Å². The minimum Gasteiger partial charge on any atom is -0.309 e. The van der Waals surface area contributed by atoms with Crippen LogP contribution in [0.25, 0.3) is 0 Å². The van der Waals surface area contributed by atoms with Crippen LogP contribution in [-0.4, -0.2) is 31.4 Å². The van der Waals surface area contributed by atoms with E-state index in [4.69, 9.17) is 0 Å². The molecule has 1 aromatic carbocycles.